The predicted octanol–water partition coefficient (Wildman–Crippen LogP) is 19.9. The number of hydrogen-bond acceptors (Lipinski definition) is 6. The third kappa shape index (κ3) is 56.9. The molecule has 1 unspecified atom stereocenters. The van der Waals surface area contributed by atoms with Crippen molar-refractivity contribution in [1.82, 2.24) is 0 Å². The maximum Gasteiger partial charge on any atom is 0.306 e. The van der Waals surface area contributed by atoms with Crippen LogP contribution in [0.15, 0.2) is 109 Å². The lowest BCUT2D eigenvalue weighted by molar-refractivity contribution is -0.167. The Kier molecular flexibility index (Phi) is 55.4. The van der Waals surface area contributed by atoms with Crippen molar-refractivity contribution in [3.63, 3.8) is 0 Å². The van der Waals surface area contributed by atoms with Crippen LogP contribution in [0, 0.1) is 0 Å². The standard InChI is InChI=1S/C65H108O6/c1-4-7-10-13-16-19-21-23-25-27-29-31-32-34-35-37-39-41-43-46-49-52-55-58-64(67)70-61-62(60-69-63(66)57-54-51-48-45-18-15-12-9-6-3)71-65(68)59-56-53-50-47-44-42-40-38-36-33-30-28-26-24-22-20-17-14-11-8-5-2/h8,11,17,20-21,23-24,26-27,29-30,32-34,38,40,44,47,62H,4-7,9-10,12-16,18-19,22,25,28,31,35-37,39,41-43,45-46,48-61H2,1-3H3/b11-8-,20-17-,23-21-,26-24-,29-27-,33-30-,34-32-,40-38-,47-44-. The molecule has 0 amide bonds. The lowest BCUT2D eigenvalue weighted by Crippen LogP contribution is -2.30. The van der Waals surface area contributed by atoms with Gasteiger partial charge in [0.1, 0.15) is 13.2 Å². The number of carbonyl (C=O) groups excluding carboxylic acids is 3. The van der Waals surface area contributed by atoms with Crippen molar-refractivity contribution in [1.29, 1.82) is 0 Å². The average Bonchev–Trinajstić information content (AvgIpc) is 3.37. The molecule has 71 heavy (non-hydrogen) atoms. The summed E-state index contributed by atoms with van der Waals surface area (Å²) < 4.78 is 16.8. The van der Waals surface area contributed by atoms with Gasteiger partial charge in [-0.1, -0.05) is 246 Å². The van der Waals surface area contributed by atoms with Gasteiger partial charge in [-0.15, -0.1) is 0 Å². The fraction of sp³-hybridized carbons (Fsp3) is 0.677. The highest BCUT2D eigenvalue weighted by Gasteiger charge is 2.19. The Labute approximate surface area is 438 Å². The molecule has 0 aromatic heterocycles. The van der Waals surface area contributed by atoms with Gasteiger partial charge in [-0.2, -0.15) is 0 Å². The quantitative estimate of drug-likeness (QED) is 0.0261. The van der Waals surface area contributed by atoms with Crippen molar-refractivity contribution < 1.29 is 28.6 Å². The first-order valence-corrected chi connectivity index (χ1v) is 29.4. The molecule has 0 heterocycles. The smallest absolute Gasteiger partial charge is 0.306 e. The van der Waals surface area contributed by atoms with Crippen molar-refractivity contribution in [3.8, 4) is 0 Å². The second-order valence-electron chi connectivity index (χ2n) is 19.2. The van der Waals surface area contributed by atoms with E-state index in [1.165, 1.54) is 109 Å². The first kappa shape index (κ1) is 67.1. The van der Waals surface area contributed by atoms with Crippen LogP contribution in [0.2, 0.25) is 0 Å². The molecule has 6 nitrogen and oxygen atoms in total. The SMILES string of the molecule is CC/C=C\C/C=C\C/C=C\C/C=C\C/C=C\C/C=C\CCCCC(=O)OC(COC(=O)CCCCCCCCCCC)COC(=O)CCCCCCCCCC/C=C\C/C=C\C/C=C\CCCCCCC. The molecule has 0 N–H and O–H groups in total. The zero-order chi connectivity index (χ0) is 51.4. The summed E-state index contributed by atoms with van der Waals surface area (Å²) in [5, 5.41) is 0. The fourth-order valence-electron chi connectivity index (χ4n) is 7.86. The molecular weight excluding hydrogens is 877 g/mol. The number of allylic oxidation sites excluding steroid dienone is 18. The summed E-state index contributed by atoms with van der Waals surface area (Å²) >= 11 is 0. The van der Waals surface area contributed by atoms with Crippen molar-refractivity contribution in [2.24, 2.45) is 0 Å². The van der Waals surface area contributed by atoms with E-state index in [4.69, 9.17) is 14.2 Å². The number of carbonyl (C=O) groups is 3. The minimum Gasteiger partial charge on any atom is -0.462 e. The van der Waals surface area contributed by atoms with Gasteiger partial charge in [0, 0.05) is 19.3 Å². The normalized spacial score (nSPS) is 12.9. The zero-order valence-electron chi connectivity index (χ0n) is 46.2. The van der Waals surface area contributed by atoms with E-state index in [0.717, 1.165) is 109 Å². The van der Waals surface area contributed by atoms with Gasteiger partial charge in [-0.25, -0.2) is 0 Å². The molecule has 0 bridgehead atoms. The van der Waals surface area contributed by atoms with Gasteiger partial charge in [-0.05, 0) is 109 Å². The Balaban J connectivity index is 4.37. The first-order chi connectivity index (χ1) is 35.0. The second kappa shape index (κ2) is 58.6. The molecule has 404 valence electrons. The molecule has 0 aromatic carbocycles. The molecule has 1 atom stereocenters. The Morgan fingerprint density at radius 2 is 0.549 bits per heavy atom. The van der Waals surface area contributed by atoms with Crippen LogP contribution in [0.3, 0.4) is 0 Å². The highest BCUT2D eigenvalue weighted by Crippen LogP contribution is 2.14. The van der Waals surface area contributed by atoms with Crippen LogP contribution in [0.1, 0.15) is 265 Å². The molecule has 0 aliphatic carbocycles. The molecule has 0 saturated carbocycles. The lowest BCUT2D eigenvalue weighted by atomic mass is 10.1. The highest BCUT2D eigenvalue weighted by atomic mass is 16.6. The maximum absolute atomic E-state index is 12.8. The van der Waals surface area contributed by atoms with E-state index in [-0.39, 0.29) is 37.5 Å². The molecule has 0 saturated heterocycles. The van der Waals surface area contributed by atoms with Gasteiger partial charge < -0.3 is 14.2 Å². The van der Waals surface area contributed by atoms with E-state index in [1.54, 1.807) is 0 Å². The minimum absolute atomic E-state index is 0.0983. The van der Waals surface area contributed by atoms with Crippen molar-refractivity contribution in [3.05, 3.63) is 109 Å². The number of esters is 3. The van der Waals surface area contributed by atoms with E-state index in [0.29, 0.717) is 19.3 Å². The van der Waals surface area contributed by atoms with Crippen molar-refractivity contribution in [2.45, 2.75) is 271 Å². The number of rotatable bonds is 52. The Bertz CT molecular complexity index is 1460. The summed E-state index contributed by atoms with van der Waals surface area (Å²) in [6.07, 6.45) is 79.5. The Morgan fingerprint density at radius 1 is 0.296 bits per heavy atom. The van der Waals surface area contributed by atoms with Gasteiger partial charge >= 0.3 is 17.9 Å². The summed E-state index contributed by atoms with van der Waals surface area (Å²) in [5.74, 6) is -0.952. The molecule has 0 radical (unpaired) electrons. The largest absolute Gasteiger partial charge is 0.462 e. The molecule has 0 spiro atoms. The third-order valence-electron chi connectivity index (χ3n) is 12.3. The lowest BCUT2D eigenvalue weighted by Gasteiger charge is -2.18. The van der Waals surface area contributed by atoms with Gasteiger partial charge in [0.2, 0.25) is 0 Å². The van der Waals surface area contributed by atoms with E-state index in [2.05, 4.69) is 130 Å². The van der Waals surface area contributed by atoms with Gasteiger partial charge in [0.25, 0.3) is 0 Å². The Morgan fingerprint density at radius 3 is 0.887 bits per heavy atom. The highest BCUT2D eigenvalue weighted by molar-refractivity contribution is 5.71. The molecule has 6 heteroatoms. The van der Waals surface area contributed by atoms with Crippen LogP contribution in [0.4, 0.5) is 0 Å². The van der Waals surface area contributed by atoms with E-state index in [1.807, 2.05) is 0 Å². The molecule has 0 fully saturated rings. The van der Waals surface area contributed by atoms with E-state index in [9.17, 15) is 14.4 Å². The van der Waals surface area contributed by atoms with Gasteiger partial charge in [0.05, 0.1) is 0 Å². The van der Waals surface area contributed by atoms with Gasteiger partial charge in [0.15, 0.2) is 6.10 Å². The van der Waals surface area contributed by atoms with Crippen LogP contribution in [0.25, 0.3) is 0 Å². The number of hydrogen-bond donors (Lipinski definition) is 0. The van der Waals surface area contributed by atoms with Crippen LogP contribution in [0.5, 0.6) is 0 Å². The first-order valence-electron chi connectivity index (χ1n) is 29.4. The van der Waals surface area contributed by atoms with Crippen molar-refractivity contribution in [2.75, 3.05) is 13.2 Å². The van der Waals surface area contributed by atoms with Gasteiger partial charge in [-0.3, -0.25) is 14.4 Å². The molecule has 0 aliphatic heterocycles. The number of ether oxygens (including phenoxy) is 3. The molecule has 0 aliphatic rings. The second-order valence-corrected chi connectivity index (χ2v) is 19.2. The molecular formula is C65H108O6. The predicted molar refractivity (Wildman–Crippen MR) is 307 cm³/mol. The summed E-state index contributed by atoms with van der Waals surface area (Å²) in [7, 11) is 0. The fourth-order valence-corrected chi connectivity index (χ4v) is 7.86. The zero-order valence-corrected chi connectivity index (χ0v) is 46.2. The Hall–Kier alpha value is -3.93. The summed E-state index contributed by atoms with van der Waals surface area (Å²) in [6, 6.07) is 0. The maximum atomic E-state index is 12.8. The molecule has 0 aromatic rings. The topological polar surface area (TPSA) is 78.9 Å². The van der Waals surface area contributed by atoms with Crippen LogP contribution in [-0.4, -0.2) is 37.2 Å². The summed E-state index contributed by atoms with van der Waals surface area (Å²) in [5.41, 5.74) is 0. The van der Waals surface area contributed by atoms with Crippen LogP contribution in [-0.2, 0) is 28.6 Å². The summed E-state index contributed by atoms with van der Waals surface area (Å²) in [4.78, 5) is 38.1. The number of unbranched alkanes of at least 4 members (excludes halogenated alkanes) is 23. The molecule has 0 rings (SSSR count). The van der Waals surface area contributed by atoms with Crippen molar-refractivity contribution >= 4 is 17.9 Å². The van der Waals surface area contributed by atoms with Crippen LogP contribution < -0.4 is 0 Å². The van der Waals surface area contributed by atoms with E-state index < -0.39 is 6.10 Å². The third-order valence-corrected chi connectivity index (χ3v) is 12.3. The summed E-state index contributed by atoms with van der Waals surface area (Å²) in [6.45, 7) is 6.45. The average molecular weight is 986 g/mol. The van der Waals surface area contributed by atoms with E-state index >= 15 is 0 Å². The minimum atomic E-state index is -0.804. The van der Waals surface area contributed by atoms with Crippen LogP contribution >= 0.6 is 0 Å². The monoisotopic (exact) mass is 985 g/mol.